The van der Waals surface area contributed by atoms with Crippen LogP contribution >= 0.6 is 0 Å². The molecule has 1 atom stereocenters. The van der Waals surface area contributed by atoms with Gasteiger partial charge in [0.05, 0.1) is 18.7 Å². The molecule has 1 aliphatic rings. The summed E-state index contributed by atoms with van der Waals surface area (Å²) >= 11 is 0. The molecule has 1 fully saturated rings. The highest BCUT2D eigenvalue weighted by atomic mass is 16.2. The van der Waals surface area contributed by atoms with E-state index in [0.717, 1.165) is 36.0 Å². The van der Waals surface area contributed by atoms with E-state index in [4.69, 9.17) is 0 Å². The number of hydrogen-bond donors (Lipinski definition) is 1. The van der Waals surface area contributed by atoms with Gasteiger partial charge in [-0.05, 0) is 37.0 Å². The van der Waals surface area contributed by atoms with Gasteiger partial charge in [0.15, 0.2) is 0 Å². The quantitative estimate of drug-likeness (QED) is 0.805. The predicted octanol–water partition coefficient (Wildman–Crippen LogP) is 3.12. The zero-order valence-electron chi connectivity index (χ0n) is 14.1. The molecule has 5 nitrogen and oxygen atoms in total. The maximum atomic E-state index is 12.9. The van der Waals surface area contributed by atoms with Crippen LogP contribution in [0.5, 0.6) is 0 Å². The number of amides is 1. The van der Waals surface area contributed by atoms with E-state index in [2.05, 4.69) is 29.1 Å². The summed E-state index contributed by atoms with van der Waals surface area (Å²) in [5.41, 5.74) is 4.54. The first-order valence-electron chi connectivity index (χ1n) is 8.47. The van der Waals surface area contributed by atoms with E-state index in [9.17, 15) is 4.79 Å². The lowest BCUT2D eigenvalue weighted by atomic mass is 10.0. The van der Waals surface area contributed by atoms with Gasteiger partial charge in [-0.3, -0.25) is 9.48 Å². The molecule has 124 valence electrons. The molecule has 0 unspecified atom stereocenters. The van der Waals surface area contributed by atoms with Crippen LogP contribution in [0, 0.1) is 6.92 Å². The van der Waals surface area contributed by atoms with Gasteiger partial charge < -0.3 is 9.88 Å². The molecule has 0 spiro atoms. The minimum atomic E-state index is 0.164. The lowest BCUT2D eigenvalue weighted by Crippen LogP contribution is -2.31. The minimum Gasteiger partial charge on any atom is -0.361 e. The van der Waals surface area contributed by atoms with Crippen LogP contribution in [0.1, 0.15) is 35.6 Å². The number of nitrogens with zero attached hydrogens (tertiary/aromatic N) is 3. The third-order valence-electron chi connectivity index (χ3n) is 5.02. The number of aryl methyl sites for hydroxylation is 2. The molecule has 24 heavy (non-hydrogen) atoms. The Morgan fingerprint density at radius 2 is 2.29 bits per heavy atom. The number of aromatic nitrogens is 3. The zero-order chi connectivity index (χ0) is 16.7. The van der Waals surface area contributed by atoms with Gasteiger partial charge in [0.1, 0.15) is 0 Å². The molecule has 0 saturated carbocycles. The molecule has 3 aromatic rings. The van der Waals surface area contributed by atoms with Crippen LogP contribution < -0.4 is 0 Å². The molecule has 1 N–H and O–H groups in total. The summed E-state index contributed by atoms with van der Waals surface area (Å²) in [6.45, 7) is 2.93. The van der Waals surface area contributed by atoms with Gasteiger partial charge in [0.25, 0.3) is 0 Å². The summed E-state index contributed by atoms with van der Waals surface area (Å²) in [4.78, 5) is 18.3. The fourth-order valence-corrected chi connectivity index (χ4v) is 3.88. The highest BCUT2D eigenvalue weighted by molar-refractivity contribution is 5.91. The van der Waals surface area contributed by atoms with Crippen LogP contribution in [-0.4, -0.2) is 32.1 Å². The Morgan fingerprint density at radius 3 is 3.08 bits per heavy atom. The normalized spacial score (nSPS) is 17.8. The second-order valence-corrected chi connectivity index (χ2v) is 6.68. The van der Waals surface area contributed by atoms with E-state index in [0.29, 0.717) is 6.42 Å². The standard InChI is InChI=1S/C19H22N4O/c1-13-5-3-6-16-19(13)14(10-20-16)9-18(24)23-8-4-7-17(23)15-11-21-22(2)12-15/h3,5-6,10-12,17,20H,4,7-9H2,1-2H3/t17-/m0/s1. The van der Waals surface area contributed by atoms with Gasteiger partial charge in [0.2, 0.25) is 5.91 Å². The lowest BCUT2D eigenvalue weighted by Gasteiger charge is -2.24. The van der Waals surface area contributed by atoms with Gasteiger partial charge in [-0.25, -0.2) is 0 Å². The highest BCUT2D eigenvalue weighted by Crippen LogP contribution is 2.32. The molecule has 0 bridgehead atoms. The van der Waals surface area contributed by atoms with Crippen LogP contribution in [0.3, 0.4) is 0 Å². The topological polar surface area (TPSA) is 53.9 Å². The molecule has 0 aliphatic carbocycles. The van der Waals surface area contributed by atoms with Crippen molar-refractivity contribution in [2.45, 2.75) is 32.2 Å². The maximum absolute atomic E-state index is 12.9. The van der Waals surface area contributed by atoms with Crippen molar-refractivity contribution in [2.75, 3.05) is 6.54 Å². The Balaban J connectivity index is 1.59. The van der Waals surface area contributed by atoms with Crippen molar-refractivity contribution in [1.29, 1.82) is 0 Å². The molecule has 1 aromatic carbocycles. The van der Waals surface area contributed by atoms with E-state index in [1.54, 1.807) is 4.68 Å². The Morgan fingerprint density at radius 1 is 1.42 bits per heavy atom. The average molecular weight is 322 g/mol. The Bertz CT molecular complexity index is 892. The number of aromatic amines is 1. The summed E-state index contributed by atoms with van der Waals surface area (Å²) in [6.07, 6.45) is 8.40. The molecular weight excluding hydrogens is 300 g/mol. The number of benzene rings is 1. The zero-order valence-corrected chi connectivity index (χ0v) is 14.1. The molecule has 0 radical (unpaired) electrons. The van der Waals surface area contributed by atoms with Crippen LogP contribution in [-0.2, 0) is 18.3 Å². The van der Waals surface area contributed by atoms with Crippen molar-refractivity contribution in [2.24, 2.45) is 7.05 Å². The smallest absolute Gasteiger partial charge is 0.227 e. The molecule has 5 heteroatoms. The first-order chi connectivity index (χ1) is 11.6. The minimum absolute atomic E-state index is 0.164. The van der Waals surface area contributed by atoms with Gasteiger partial charge in [-0.15, -0.1) is 0 Å². The molecule has 3 heterocycles. The molecular formula is C19H22N4O. The number of H-pyrrole nitrogens is 1. The van der Waals surface area contributed by atoms with Crippen LogP contribution in [0.15, 0.2) is 36.8 Å². The fourth-order valence-electron chi connectivity index (χ4n) is 3.88. The third-order valence-corrected chi connectivity index (χ3v) is 5.02. The predicted molar refractivity (Wildman–Crippen MR) is 93.6 cm³/mol. The monoisotopic (exact) mass is 322 g/mol. The maximum Gasteiger partial charge on any atom is 0.227 e. The highest BCUT2D eigenvalue weighted by Gasteiger charge is 2.31. The molecule has 1 aliphatic heterocycles. The second kappa shape index (κ2) is 5.82. The van der Waals surface area contributed by atoms with E-state index in [-0.39, 0.29) is 11.9 Å². The summed E-state index contributed by atoms with van der Waals surface area (Å²) < 4.78 is 1.80. The first-order valence-corrected chi connectivity index (χ1v) is 8.47. The van der Waals surface area contributed by atoms with E-state index >= 15 is 0 Å². The Kier molecular flexibility index (Phi) is 3.63. The number of carbonyl (C=O) groups excluding carboxylic acids is 1. The van der Waals surface area contributed by atoms with Crippen molar-refractivity contribution >= 4 is 16.8 Å². The molecule has 1 amide bonds. The number of fused-ring (bicyclic) bond motifs is 1. The van der Waals surface area contributed by atoms with Crippen molar-refractivity contribution in [1.82, 2.24) is 19.7 Å². The summed E-state index contributed by atoms with van der Waals surface area (Å²) in [5.74, 6) is 0.200. The van der Waals surface area contributed by atoms with Crippen molar-refractivity contribution in [3.05, 3.63) is 53.5 Å². The van der Waals surface area contributed by atoms with Gasteiger partial charge in [-0.2, -0.15) is 5.10 Å². The summed E-state index contributed by atoms with van der Waals surface area (Å²) in [6, 6.07) is 6.36. The van der Waals surface area contributed by atoms with Crippen molar-refractivity contribution < 1.29 is 4.79 Å². The molecule has 2 aromatic heterocycles. The number of carbonyl (C=O) groups is 1. The van der Waals surface area contributed by atoms with E-state index in [1.165, 1.54) is 10.9 Å². The van der Waals surface area contributed by atoms with Gasteiger partial charge >= 0.3 is 0 Å². The summed E-state index contributed by atoms with van der Waals surface area (Å²) in [7, 11) is 1.92. The molecule has 1 saturated heterocycles. The number of hydrogen-bond acceptors (Lipinski definition) is 2. The van der Waals surface area contributed by atoms with Gasteiger partial charge in [-0.1, -0.05) is 12.1 Å². The number of nitrogens with one attached hydrogen (secondary N) is 1. The van der Waals surface area contributed by atoms with E-state index in [1.807, 2.05) is 36.6 Å². The van der Waals surface area contributed by atoms with Crippen LogP contribution in [0.25, 0.3) is 10.9 Å². The lowest BCUT2D eigenvalue weighted by molar-refractivity contribution is -0.131. The van der Waals surface area contributed by atoms with Crippen LogP contribution in [0.4, 0.5) is 0 Å². The van der Waals surface area contributed by atoms with E-state index < -0.39 is 0 Å². The number of likely N-dealkylation sites (tertiary alicyclic amines) is 1. The fraction of sp³-hybridized carbons (Fsp3) is 0.368. The van der Waals surface area contributed by atoms with Crippen molar-refractivity contribution in [3.63, 3.8) is 0 Å². The third kappa shape index (κ3) is 2.50. The van der Waals surface area contributed by atoms with Crippen molar-refractivity contribution in [3.8, 4) is 0 Å². The largest absolute Gasteiger partial charge is 0.361 e. The van der Waals surface area contributed by atoms with Crippen LogP contribution in [0.2, 0.25) is 0 Å². The van der Waals surface area contributed by atoms with Gasteiger partial charge in [0, 0.05) is 42.5 Å². The Hall–Kier alpha value is -2.56. The summed E-state index contributed by atoms with van der Waals surface area (Å²) in [5, 5.41) is 5.44. The number of rotatable bonds is 3. The second-order valence-electron chi connectivity index (χ2n) is 6.68. The first kappa shape index (κ1) is 15.0. The molecule has 4 rings (SSSR count). The Labute approximate surface area is 141 Å². The average Bonchev–Trinajstić information content (AvgIpc) is 3.26. The SMILES string of the molecule is Cc1cccc2[nH]cc(CC(=O)N3CCC[C@H]3c3cnn(C)c3)c12.